The van der Waals surface area contributed by atoms with E-state index in [2.05, 4.69) is 11.8 Å². The van der Waals surface area contributed by atoms with E-state index in [0.29, 0.717) is 25.8 Å². The van der Waals surface area contributed by atoms with Crippen molar-refractivity contribution >= 4 is 5.97 Å². The Balaban J connectivity index is 2.04. The lowest BCUT2D eigenvalue weighted by atomic mass is 9.93. The summed E-state index contributed by atoms with van der Waals surface area (Å²) >= 11 is 0. The molecule has 0 aromatic rings. The van der Waals surface area contributed by atoms with Crippen molar-refractivity contribution in [3.05, 3.63) is 0 Å². The second kappa shape index (κ2) is 4.92. The van der Waals surface area contributed by atoms with Gasteiger partial charge in [0.25, 0.3) is 0 Å². The number of carbonyl (C=O) groups is 1. The highest BCUT2D eigenvalue weighted by molar-refractivity contribution is 5.81. The molecule has 5 heteroatoms. The lowest BCUT2D eigenvalue weighted by molar-refractivity contribution is -0.150. The molecule has 2 aliphatic rings. The molecule has 17 heavy (non-hydrogen) atoms. The van der Waals surface area contributed by atoms with Gasteiger partial charge in [0.15, 0.2) is 0 Å². The predicted molar refractivity (Wildman–Crippen MR) is 63.5 cm³/mol. The smallest absolute Gasteiger partial charge is 0.327 e. The Hall–Kier alpha value is -0.650. The van der Waals surface area contributed by atoms with E-state index in [9.17, 15) is 4.79 Å². The van der Waals surface area contributed by atoms with E-state index < -0.39 is 5.54 Å². The average Bonchev–Trinajstić information content (AvgIpc) is 3.15. The maximum atomic E-state index is 11.9. The van der Waals surface area contributed by atoms with Crippen LogP contribution in [0.5, 0.6) is 0 Å². The van der Waals surface area contributed by atoms with Crippen LogP contribution in [0.25, 0.3) is 0 Å². The highest BCUT2D eigenvalue weighted by Gasteiger charge is 2.50. The largest absolute Gasteiger partial charge is 0.468 e. The van der Waals surface area contributed by atoms with Gasteiger partial charge in [-0.1, -0.05) is 0 Å². The predicted octanol–water partition coefficient (Wildman–Crippen LogP) is -0.0124. The van der Waals surface area contributed by atoms with Gasteiger partial charge in [0, 0.05) is 19.1 Å². The van der Waals surface area contributed by atoms with E-state index in [4.69, 9.17) is 15.2 Å². The maximum Gasteiger partial charge on any atom is 0.327 e. The van der Waals surface area contributed by atoms with Crippen LogP contribution in [-0.2, 0) is 14.3 Å². The Labute approximate surface area is 102 Å². The molecule has 2 fully saturated rings. The van der Waals surface area contributed by atoms with Crippen molar-refractivity contribution in [1.29, 1.82) is 0 Å². The number of hydrogen-bond acceptors (Lipinski definition) is 5. The van der Waals surface area contributed by atoms with Crippen LogP contribution >= 0.6 is 0 Å². The Morgan fingerprint density at radius 3 is 2.82 bits per heavy atom. The zero-order valence-corrected chi connectivity index (χ0v) is 10.6. The van der Waals surface area contributed by atoms with Crippen LogP contribution in [0.15, 0.2) is 0 Å². The molecule has 2 atom stereocenters. The number of ether oxygens (including phenoxy) is 2. The van der Waals surface area contributed by atoms with Crippen LogP contribution in [0.1, 0.15) is 19.8 Å². The summed E-state index contributed by atoms with van der Waals surface area (Å²) in [4.78, 5) is 14.1. The number of methoxy groups -OCH3 is 1. The first kappa shape index (κ1) is 12.8. The van der Waals surface area contributed by atoms with Crippen LogP contribution < -0.4 is 5.73 Å². The summed E-state index contributed by atoms with van der Waals surface area (Å²) in [5, 5.41) is 0. The second-order valence-corrected chi connectivity index (χ2v) is 5.20. The Kier molecular flexibility index (Phi) is 3.70. The fourth-order valence-electron chi connectivity index (χ4n) is 2.48. The Morgan fingerprint density at radius 1 is 1.59 bits per heavy atom. The molecule has 1 aliphatic carbocycles. The van der Waals surface area contributed by atoms with E-state index in [1.807, 2.05) is 0 Å². The standard InChI is InChI=1S/C12H22N2O3/c1-9-7-17-6-5-14(9)8-12(13,10-3-4-10)11(15)16-2/h9-10H,3-8,13H2,1-2H3. The summed E-state index contributed by atoms with van der Waals surface area (Å²) in [7, 11) is 1.41. The molecule has 0 amide bonds. The number of esters is 1. The van der Waals surface area contributed by atoms with Crippen molar-refractivity contribution in [2.45, 2.75) is 31.3 Å². The SMILES string of the molecule is COC(=O)C(N)(CN1CCOCC1C)C1CC1. The molecule has 0 bridgehead atoms. The van der Waals surface area contributed by atoms with E-state index in [0.717, 1.165) is 19.4 Å². The molecule has 0 aromatic carbocycles. The normalized spacial score (nSPS) is 29.7. The quantitative estimate of drug-likeness (QED) is 0.702. The number of hydrogen-bond donors (Lipinski definition) is 1. The molecule has 5 nitrogen and oxygen atoms in total. The van der Waals surface area contributed by atoms with Gasteiger partial charge in [0.05, 0.1) is 20.3 Å². The lowest BCUT2D eigenvalue weighted by Gasteiger charge is -2.39. The minimum Gasteiger partial charge on any atom is -0.468 e. The third kappa shape index (κ3) is 2.61. The third-order valence-electron chi connectivity index (χ3n) is 3.84. The average molecular weight is 242 g/mol. The zero-order chi connectivity index (χ0) is 12.5. The van der Waals surface area contributed by atoms with E-state index in [-0.39, 0.29) is 11.9 Å². The van der Waals surface area contributed by atoms with Crippen molar-refractivity contribution < 1.29 is 14.3 Å². The van der Waals surface area contributed by atoms with Gasteiger partial charge in [-0.3, -0.25) is 9.69 Å². The van der Waals surface area contributed by atoms with Crippen molar-refractivity contribution in [2.75, 3.05) is 33.4 Å². The monoisotopic (exact) mass is 242 g/mol. The summed E-state index contributed by atoms with van der Waals surface area (Å²) < 4.78 is 10.3. The first-order valence-electron chi connectivity index (χ1n) is 6.27. The second-order valence-electron chi connectivity index (χ2n) is 5.20. The summed E-state index contributed by atoms with van der Waals surface area (Å²) in [6.07, 6.45) is 2.06. The number of nitrogens with two attached hydrogens (primary N) is 1. The van der Waals surface area contributed by atoms with Gasteiger partial charge >= 0.3 is 5.97 Å². The molecule has 0 spiro atoms. The van der Waals surface area contributed by atoms with Crippen molar-refractivity contribution in [2.24, 2.45) is 11.7 Å². The Bertz CT molecular complexity index is 293. The first-order chi connectivity index (χ1) is 8.08. The van der Waals surface area contributed by atoms with Crippen LogP contribution in [0.4, 0.5) is 0 Å². The molecular weight excluding hydrogens is 220 g/mol. The van der Waals surface area contributed by atoms with Gasteiger partial charge in [-0.15, -0.1) is 0 Å². The molecule has 2 rings (SSSR count). The first-order valence-corrected chi connectivity index (χ1v) is 6.27. The van der Waals surface area contributed by atoms with Gasteiger partial charge in [-0.05, 0) is 25.7 Å². The molecule has 98 valence electrons. The minimum absolute atomic E-state index is 0.279. The molecule has 0 aromatic heterocycles. The van der Waals surface area contributed by atoms with Gasteiger partial charge in [-0.2, -0.15) is 0 Å². The van der Waals surface area contributed by atoms with Gasteiger partial charge in [-0.25, -0.2) is 0 Å². The summed E-state index contributed by atoms with van der Waals surface area (Å²) in [6.45, 7) is 4.94. The van der Waals surface area contributed by atoms with E-state index in [1.54, 1.807) is 0 Å². The summed E-state index contributed by atoms with van der Waals surface area (Å²) in [5.74, 6) is 0.00341. The number of rotatable bonds is 4. The van der Waals surface area contributed by atoms with Crippen LogP contribution in [-0.4, -0.2) is 55.9 Å². The zero-order valence-electron chi connectivity index (χ0n) is 10.6. The van der Waals surface area contributed by atoms with Crippen molar-refractivity contribution in [3.63, 3.8) is 0 Å². The summed E-state index contributed by atoms with van der Waals surface area (Å²) in [6, 6.07) is 0.315. The molecule has 0 radical (unpaired) electrons. The maximum absolute atomic E-state index is 11.9. The molecule has 2 unspecified atom stereocenters. The molecule has 1 saturated heterocycles. The van der Waals surface area contributed by atoms with Crippen molar-refractivity contribution in [3.8, 4) is 0 Å². The third-order valence-corrected chi connectivity index (χ3v) is 3.84. The highest BCUT2D eigenvalue weighted by atomic mass is 16.5. The number of carbonyl (C=O) groups excluding carboxylic acids is 1. The van der Waals surface area contributed by atoms with Crippen LogP contribution in [0.3, 0.4) is 0 Å². The minimum atomic E-state index is -0.833. The van der Waals surface area contributed by atoms with Crippen LogP contribution in [0.2, 0.25) is 0 Å². The van der Waals surface area contributed by atoms with Crippen molar-refractivity contribution in [1.82, 2.24) is 4.90 Å². The fraction of sp³-hybridized carbons (Fsp3) is 0.917. The van der Waals surface area contributed by atoms with Crippen LogP contribution in [0, 0.1) is 5.92 Å². The van der Waals surface area contributed by atoms with Gasteiger partial charge in [0.1, 0.15) is 5.54 Å². The number of morpholine rings is 1. The van der Waals surface area contributed by atoms with E-state index in [1.165, 1.54) is 7.11 Å². The molecule has 1 heterocycles. The highest BCUT2D eigenvalue weighted by Crippen LogP contribution is 2.39. The lowest BCUT2D eigenvalue weighted by Crippen LogP contribution is -2.61. The van der Waals surface area contributed by atoms with Gasteiger partial charge in [0.2, 0.25) is 0 Å². The topological polar surface area (TPSA) is 64.8 Å². The molecule has 1 saturated carbocycles. The number of nitrogens with zero attached hydrogens (tertiary/aromatic N) is 1. The summed E-state index contributed by atoms with van der Waals surface area (Å²) in [5.41, 5.74) is 5.46. The fourth-order valence-corrected chi connectivity index (χ4v) is 2.48. The molecule has 2 N–H and O–H groups in total. The van der Waals surface area contributed by atoms with E-state index >= 15 is 0 Å². The molecule has 1 aliphatic heterocycles. The Morgan fingerprint density at radius 2 is 2.29 bits per heavy atom. The van der Waals surface area contributed by atoms with Gasteiger partial charge < -0.3 is 15.2 Å². The molecular formula is C12H22N2O3.